The lowest BCUT2D eigenvalue weighted by molar-refractivity contribution is 0.121. The fourth-order valence-electron chi connectivity index (χ4n) is 3.26. The molecule has 0 radical (unpaired) electrons. The third-order valence-electron chi connectivity index (χ3n) is 4.79. The van der Waals surface area contributed by atoms with E-state index in [1.54, 1.807) is 23.5 Å². The lowest BCUT2D eigenvalue weighted by atomic mass is 10.2. The fraction of sp³-hybridized carbons (Fsp3) is 0.364. The molecular formula is C22H25ClN4OS2. The smallest absolute Gasteiger partial charge is 0.228 e. The third kappa shape index (κ3) is 5.72. The molecule has 1 fully saturated rings. The summed E-state index contributed by atoms with van der Waals surface area (Å²) in [6.45, 7) is 3.95. The number of hydrogen-bond acceptors (Lipinski definition) is 6. The van der Waals surface area contributed by atoms with Crippen LogP contribution in [0.1, 0.15) is 12.0 Å². The molecule has 158 valence electrons. The van der Waals surface area contributed by atoms with E-state index in [0.717, 1.165) is 71.8 Å². The van der Waals surface area contributed by atoms with Gasteiger partial charge in [0.2, 0.25) is 5.95 Å². The molecule has 2 aromatic carbocycles. The monoisotopic (exact) mass is 460 g/mol. The van der Waals surface area contributed by atoms with Crippen molar-refractivity contribution < 1.29 is 4.74 Å². The minimum absolute atomic E-state index is 0.736. The molecule has 0 N–H and O–H groups in total. The predicted octanol–water partition coefficient (Wildman–Crippen LogP) is 5.09. The molecule has 0 atom stereocenters. The van der Waals surface area contributed by atoms with Crippen LogP contribution in [0.4, 0.5) is 5.95 Å². The maximum Gasteiger partial charge on any atom is 0.228 e. The zero-order valence-electron chi connectivity index (χ0n) is 16.7. The molecule has 0 spiro atoms. The van der Waals surface area contributed by atoms with E-state index in [1.165, 1.54) is 5.56 Å². The van der Waals surface area contributed by atoms with Crippen LogP contribution < -0.4 is 4.90 Å². The predicted molar refractivity (Wildman–Crippen MR) is 126 cm³/mol. The highest BCUT2D eigenvalue weighted by Gasteiger charge is 2.20. The Hall–Kier alpha value is -1.67. The maximum atomic E-state index is 6.25. The van der Waals surface area contributed by atoms with Gasteiger partial charge in [0.05, 0.1) is 24.8 Å². The third-order valence-corrected chi connectivity index (χ3v) is 7.44. The normalized spacial score (nSPS) is 14.2. The molecule has 4 rings (SSSR count). The minimum atomic E-state index is 0.736. The average Bonchev–Trinajstić information content (AvgIpc) is 3.18. The van der Waals surface area contributed by atoms with E-state index in [1.807, 2.05) is 24.3 Å². The summed E-state index contributed by atoms with van der Waals surface area (Å²) in [5.41, 5.74) is 1.25. The number of nitrogens with zero attached hydrogens (tertiary/aromatic N) is 4. The zero-order chi connectivity index (χ0) is 20.6. The molecule has 0 aliphatic carbocycles. The number of hydrogen-bond donors (Lipinski definition) is 0. The van der Waals surface area contributed by atoms with Crippen molar-refractivity contribution in [3.63, 3.8) is 0 Å². The topological polar surface area (TPSA) is 43.2 Å². The van der Waals surface area contributed by atoms with E-state index in [4.69, 9.17) is 16.3 Å². The van der Waals surface area contributed by atoms with E-state index in [9.17, 15) is 0 Å². The van der Waals surface area contributed by atoms with Crippen molar-refractivity contribution in [3.8, 4) is 0 Å². The first-order valence-electron chi connectivity index (χ1n) is 10.1. The van der Waals surface area contributed by atoms with Crippen LogP contribution in [0.15, 0.2) is 64.6 Å². The van der Waals surface area contributed by atoms with Crippen molar-refractivity contribution in [2.45, 2.75) is 23.0 Å². The summed E-state index contributed by atoms with van der Waals surface area (Å²) in [7, 11) is 0. The number of benzene rings is 2. The molecule has 0 unspecified atom stereocenters. The molecule has 5 nitrogen and oxygen atoms in total. The highest BCUT2D eigenvalue weighted by Crippen LogP contribution is 2.29. The molecule has 0 amide bonds. The number of thioether (sulfide) groups is 2. The van der Waals surface area contributed by atoms with Crippen LogP contribution in [-0.2, 0) is 11.3 Å². The largest absolute Gasteiger partial charge is 0.378 e. The Morgan fingerprint density at radius 2 is 1.63 bits per heavy atom. The number of morpholine rings is 1. The summed E-state index contributed by atoms with van der Waals surface area (Å²) in [6.07, 6.45) is 1.08. The summed E-state index contributed by atoms with van der Waals surface area (Å²) in [6, 6.07) is 18.5. The van der Waals surface area contributed by atoms with Crippen LogP contribution in [0.25, 0.3) is 0 Å². The van der Waals surface area contributed by atoms with Crippen molar-refractivity contribution in [2.75, 3.05) is 42.7 Å². The fourth-order valence-corrected chi connectivity index (χ4v) is 5.50. The van der Waals surface area contributed by atoms with Crippen molar-refractivity contribution >= 4 is 41.1 Å². The van der Waals surface area contributed by atoms with Crippen LogP contribution in [0.2, 0.25) is 5.02 Å². The van der Waals surface area contributed by atoms with E-state index in [-0.39, 0.29) is 0 Å². The first-order chi connectivity index (χ1) is 14.8. The molecular weight excluding hydrogens is 436 g/mol. The van der Waals surface area contributed by atoms with E-state index in [0.29, 0.717) is 0 Å². The van der Waals surface area contributed by atoms with Gasteiger partial charge in [-0.15, -0.1) is 22.0 Å². The molecule has 1 aliphatic rings. The number of halogens is 1. The zero-order valence-corrected chi connectivity index (χ0v) is 19.1. The second-order valence-electron chi connectivity index (χ2n) is 6.93. The molecule has 1 aromatic heterocycles. The van der Waals surface area contributed by atoms with Gasteiger partial charge in [-0.25, -0.2) is 0 Å². The first-order valence-corrected chi connectivity index (χ1v) is 12.5. The summed E-state index contributed by atoms with van der Waals surface area (Å²) >= 11 is 9.83. The van der Waals surface area contributed by atoms with Gasteiger partial charge in [-0.2, -0.15) is 0 Å². The van der Waals surface area contributed by atoms with Gasteiger partial charge in [-0.1, -0.05) is 65.8 Å². The summed E-state index contributed by atoms with van der Waals surface area (Å²) < 4.78 is 7.75. The molecule has 8 heteroatoms. The van der Waals surface area contributed by atoms with E-state index in [2.05, 4.69) is 50.0 Å². The van der Waals surface area contributed by atoms with Gasteiger partial charge in [0.15, 0.2) is 5.16 Å². The summed E-state index contributed by atoms with van der Waals surface area (Å²) in [5.74, 6) is 2.96. The van der Waals surface area contributed by atoms with Crippen LogP contribution in [0.5, 0.6) is 0 Å². The molecule has 3 aromatic rings. The maximum absolute atomic E-state index is 6.25. The van der Waals surface area contributed by atoms with Gasteiger partial charge < -0.3 is 9.64 Å². The Kier molecular flexibility index (Phi) is 7.97. The number of anilines is 1. The lowest BCUT2D eigenvalue weighted by Gasteiger charge is -2.28. The van der Waals surface area contributed by atoms with Crippen LogP contribution in [0, 0.1) is 0 Å². The van der Waals surface area contributed by atoms with Crippen LogP contribution in [0.3, 0.4) is 0 Å². The van der Waals surface area contributed by atoms with Gasteiger partial charge in [-0.3, -0.25) is 4.57 Å². The Balaban J connectivity index is 1.39. The molecule has 2 heterocycles. The van der Waals surface area contributed by atoms with Gasteiger partial charge >= 0.3 is 0 Å². The van der Waals surface area contributed by atoms with Gasteiger partial charge in [0, 0.05) is 23.7 Å². The Labute approximate surface area is 191 Å². The molecule has 0 bridgehead atoms. The van der Waals surface area contributed by atoms with Gasteiger partial charge in [-0.05, 0) is 29.9 Å². The Bertz CT molecular complexity index is 932. The Morgan fingerprint density at radius 1 is 0.900 bits per heavy atom. The first kappa shape index (κ1) is 21.6. The lowest BCUT2D eigenvalue weighted by Crippen LogP contribution is -2.38. The van der Waals surface area contributed by atoms with Crippen molar-refractivity contribution in [2.24, 2.45) is 0 Å². The average molecular weight is 461 g/mol. The number of aromatic nitrogens is 3. The van der Waals surface area contributed by atoms with Crippen molar-refractivity contribution in [1.82, 2.24) is 14.8 Å². The molecule has 1 saturated heterocycles. The van der Waals surface area contributed by atoms with Gasteiger partial charge in [0.25, 0.3) is 0 Å². The van der Waals surface area contributed by atoms with Crippen LogP contribution in [-0.4, -0.2) is 52.6 Å². The van der Waals surface area contributed by atoms with Crippen molar-refractivity contribution in [1.29, 1.82) is 0 Å². The highest BCUT2D eigenvalue weighted by atomic mass is 35.5. The number of rotatable bonds is 9. The van der Waals surface area contributed by atoms with Gasteiger partial charge in [0.1, 0.15) is 0 Å². The molecule has 0 saturated carbocycles. The molecule has 30 heavy (non-hydrogen) atoms. The Morgan fingerprint density at radius 3 is 2.43 bits per heavy atom. The minimum Gasteiger partial charge on any atom is -0.378 e. The summed E-state index contributed by atoms with van der Waals surface area (Å²) in [5, 5.41) is 10.9. The van der Waals surface area contributed by atoms with E-state index >= 15 is 0 Å². The molecule has 1 aliphatic heterocycles. The summed E-state index contributed by atoms with van der Waals surface area (Å²) in [4.78, 5) is 3.42. The second kappa shape index (κ2) is 11.1. The number of ether oxygens (including phenoxy) is 1. The van der Waals surface area contributed by atoms with E-state index < -0.39 is 0 Å². The van der Waals surface area contributed by atoms with Crippen molar-refractivity contribution in [3.05, 3.63) is 65.2 Å². The quantitative estimate of drug-likeness (QED) is 0.327. The standard InChI is InChI=1S/C22H25ClN4OS2/c23-19-9-4-5-10-20(19)29-15-6-16-30-22-25-24-21(26-11-13-28-14-12-26)27(22)17-18-7-2-1-3-8-18/h1-5,7-10H,6,11-17H2. The van der Waals surface area contributed by atoms with Crippen LogP contribution >= 0.6 is 35.1 Å². The highest BCUT2D eigenvalue weighted by molar-refractivity contribution is 8.00. The SMILES string of the molecule is Clc1ccccc1SCCCSc1nnc(N2CCOCC2)n1Cc1ccccc1. The second-order valence-corrected chi connectivity index (χ2v) is 9.54.